The summed E-state index contributed by atoms with van der Waals surface area (Å²) in [7, 11) is 0. The highest BCUT2D eigenvalue weighted by molar-refractivity contribution is 6.00. The van der Waals surface area contributed by atoms with Crippen molar-refractivity contribution in [3.8, 4) is 17.3 Å². The Morgan fingerprint density at radius 3 is 2.66 bits per heavy atom. The standard InChI is InChI=1S/C24H20N6O2/c1-24(2)9-16(31)19-17(10-24)32-23-20(18(19)14-5-3-7-25-11-14)22-28-21(29-30(22)13-27-23)15-6-4-8-26-12-15/h3-8,11-13,18H,9-10H2,1-2H3/t18-/m0/s1. The zero-order valence-corrected chi connectivity index (χ0v) is 17.7. The van der Waals surface area contributed by atoms with Crippen LogP contribution in [-0.4, -0.2) is 35.3 Å². The third-order valence-electron chi connectivity index (χ3n) is 6.00. The van der Waals surface area contributed by atoms with Gasteiger partial charge in [-0.25, -0.2) is 14.5 Å². The van der Waals surface area contributed by atoms with Gasteiger partial charge in [-0.3, -0.25) is 14.8 Å². The summed E-state index contributed by atoms with van der Waals surface area (Å²) in [6.45, 7) is 4.17. The quantitative estimate of drug-likeness (QED) is 0.484. The van der Waals surface area contributed by atoms with Crippen molar-refractivity contribution in [2.24, 2.45) is 5.41 Å². The number of hydrogen-bond donors (Lipinski definition) is 0. The highest BCUT2D eigenvalue weighted by atomic mass is 16.5. The average Bonchev–Trinajstić information content (AvgIpc) is 3.23. The predicted octanol–water partition coefficient (Wildman–Crippen LogP) is 3.75. The maximum absolute atomic E-state index is 13.4. The smallest absolute Gasteiger partial charge is 0.228 e. The summed E-state index contributed by atoms with van der Waals surface area (Å²) in [6.07, 6.45) is 9.68. The van der Waals surface area contributed by atoms with Crippen molar-refractivity contribution in [2.45, 2.75) is 32.6 Å². The lowest BCUT2D eigenvalue weighted by Gasteiger charge is -2.37. The molecule has 1 atom stereocenters. The van der Waals surface area contributed by atoms with Crippen LogP contribution in [0.25, 0.3) is 17.0 Å². The zero-order chi connectivity index (χ0) is 21.9. The van der Waals surface area contributed by atoms with Crippen LogP contribution in [0.1, 0.15) is 43.7 Å². The molecule has 4 aromatic heterocycles. The molecule has 5 heterocycles. The number of allylic oxidation sites excluding steroid dienone is 2. The second-order valence-electron chi connectivity index (χ2n) is 9.01. The van der Waals surface area contributed by atoms with E-state index in [1.165, 1.54) is 0 Å². The summed E-state index contributed by atoms with van der Waals surface area (Å²) in [4.78, 5) is 31.2. The number of rotatable bonds is 2. The van der Waals surface area contributed by atoms with Gasteiger partial charge in [-0.15, -0.1) is 5.10 Å². The lowest BCUT2D eigenvalue weighted by Crippen LogP contribution is -2.33. The molecule has 0 radical (unpaired) electrons. The van der Waals surface area contributed by atoms with Gasteiger partial charge in [0.1, 0.15) is 12.1 Å². The molecule has 0 saturated carbocycles. The molecule has 0 fully saturated rings. The van der Waals surface area contributed by atoms with Gasteiger partial charge in [0.15, 0.2) is 17.3 Å². The normalized spacial score (nSPS) is 19.4. The van der Waals surface area contributed by atoms with E-state index in [4.69, 9.17) is 9.72 Å². The van der Waals surface area contributed by atoms with Crippen LogP contribution in [0.15, 0.2) is 66.7 Å². The Morgan fingerprint density at radius 2 is 1.91 bits per heavy atom. The number of Topliss-reactive ketones (excluding diaryl/α,β-unsaturated/α-hetero) is 1. The summed E-state index contributed by atoms with van der Waals surface area (Å²) >= 11 is 0. The van der Waals surface area contributed by atoms with E-state index in [2.05, 4.69) is 33.9 Å². The van der Waals surface area contributed by atoms with Crippen LogP contribution in [0.2, 0.25) is 0 Å². The van der Waals surface area contributed by atoms with Gasteiger partial charge in [0.25, 0.3) is 0 Å². The maximum atomic E-state index is 13.4. The first-order valence-electron chi connectivity index (χ1n) is 10.5. The molecule has 4 aromatic rings. The number of pyridine rings is 2. The minimum atomic E-state index is -0.367. The van der Waals surface area contributed by atoms with Crippen molar-refractivity contribution >= 4 is 11.4 Å². The lowest BCUT2D eigenvalue weighted by atomic mass is 9.70. The van der Waals surface area contributed by atoms with Crippen molar-refractivity contribution in [3.05, 3.63) is 77.8 Å². The molecule has 0 saturated heterocycles. The Labute approximate surface area is 184 Å². The van der Waals surface area contributed by atoms with Crippen LogP contribution in [0, 0.1) is 5.41 Å². The number of carbonyl (C=O) groups excluding carboxylic acids is 1. The second-order valence-corrected chi connectivity index (χ2v) is 9.01. The van der Waals surface area contributed by atoms with E-state index in [1.807, 2.05) is 24.3 Å². The number of nitrogens with zero attached hydrogens (tertiary/aromatic N) is 6. The summed E-state index contributed by atoms with van der Waals surface area (Å²) < 4.78 is 7.89. The zero-order valence-electron chi connectivity index (χ0n) is 17.7. The van der Waals surface area contributed by atoms with Crippen LogP contribution >= 0.6 is 0 Å². The third-order valence-corrected chi connectivity index (χ3v) is 6.00. The summed E-state index contributed by atoms with van der Waals surface area (Å²) in [6, 6.07) is 7.60. The first kappa shape index (κ1) is 18.8. The second kappa shape index (κ2) is 6.78. The number of ketones is 1. The van der Waals surface area contributed by atoms with E-state index in [-0.39, 0.29) is 17.1 Å². The van der Waals surface area contributed by atoms with Crippen LogP contribution in [-0.2, 0) is 4.79 Å². The SMILES string of the molecule is CC1(C)CC(=O)C2=C(C1)Oc1ncn3nc(-c4cccnc4)nc3c1[C@H]2c1cccnc1. The minimum absolute atomic E-state index is 0.0877. The number of aromatic nitrogens is 6. The average molecular weight is 424 g/mol. The molecular formula is C24H20N6O2. The predicted molar refractivity (Wildman–Crippen MR) is 116 cm³/mol. The monoisotopic (exact) mass is 424 g/mol. The van der Waals surface area contributed by atoms with E-state index in [9.17, 15) is 4.79 Å². The molecule has 0 amide bonds. The Hall–Kier alpha value is -3.94. The number of ether oxygens (including phenoxy) is 1. The van der Waals surface area contributed by atoms with E-state index in [0.717, 1.165) is 16.7 Å². The van der Waals surface area contributed by atoms with Crippen LogP contribution < -0.4 is 4.74 Å². The van der Waals surface area contributed by atoms with Gasteiger partial charge >= 0.3 is 0 Å². The fourth-order valence-electron chi connectivity index (χ4n) is 4.64. The van der Waals surface area contributed by atoms with Gasteiger partial charge in [0.2, 0.25) is 5.88 Å². The third kappa shape index (κ3) is 2.90. The molecule has 8 heteroatoms. The van der Waals surface area contributed by atoms with Gasteiger partial charge < -0.3 is 4.74 Å². The number of hydrogen-bond acceptors (Lipinski definition) is 7. The molecule has 158 valence electrons. The highest BCUT2D eigenvalue weighted by Gasteiger charge is 2.44. The van der Waals surface area contributed by atoms with Crippen molar-refractivity contribution in [2.75, 3.05) is 0 Å². The first-order chi connectivity index (χ1) is 15.5. The van der Waals surface area contributed by atoms with Gasteiger partial charge in [-0.2, -0.15) is 0 Å². The maximum Gasteiger partial charge on any atom is 0.228 e. The molecule has 2 aliphatic rings. The van der Waals surface area contributed by atoms with Crippen molar-refractivity contribution < 1.29 is 9.53 Å². The van der Waals surface area contributed by atoms with E-state index in [1.54, 1.807) is 35.6 Å². The van der Waals surface area contributed by atoms with Crippen LogP contribution in [0.4, 0.5) is 0 Å². The Kier molecular flexibility index (Phi) is 3.98. The Balaban J connectivity index is 1.61. The van der Waals surface area contributed by atoms with E-state index in [0.29, 0.717) is 41.5 Å². The Bertz CT molecular complexity index is 1390. The molecule has 1 aliphatic heterocycles. The van der Waals surface area contributed by atoms with Crippen LogP contribution in [0.5, 0.6) is 5.88 Å². The molecule has 8 nitrogen and oxygen atoms in total. The molecule has 0 bridgehead atoms. The summed E-state index contributed by atoms with van der Waals surface area (Å²) in [5.74, 6) is 1.41. The summed E-state index contributed by atoms with van der Waals surface area (Å²) in [5.41, 5.74) is 3.54. The number of carbonyl (C=O) groups is 1. The van der Waals surface area contributed by atoms with Crippen molar-refractivity contribution in [1.82, 2.24) is 29.5 Å². The van der Waals surface area contributed by atoms with Gasteiger partial charge in [-0.05, 0) is 29.2 Å². The van der Waals surface area contributed by atoms with Gasteiger partial charge in [0, 0.05) is 48.8 Å². The largest absolute Gasteiger partial charge is 0.442 e. The first-order valence-corrected chi connectivity index (χ1v) is 10.5. The minimum Gasteiger partial charge on any atom is -0.442 e. The highest BCUT2D eigenvalue weighted by Crippen LogP contribution is 2.50. The fraction of sp³-hybridized carbons (Fsp3) is 0.250. The molecule has 0 unspecified atom stereocenters. The van der Waals surface area contributed by atoms with Gasteiger partial charge in [-0.1, -0.05) is 19.9 Å². The molecule has 6 rings (SSSR count). The molecule has 32 heavy (non-hydrogen) atoms. The van der Waals surface area contributed by atoms with Crippen molar-refractivity contribution in [3.63, 3.8) is 0 Å². The molecular weight excluding hydrogens is 404 g/mol. The van der Waals surface area contributed by atoms with Gasteiger partial charge in [0.05, 0.1) is 11.5 Å². The Morgan fingerprint density at radius 1 is 1.09 bits per heavy atom. The van der Waals surface area contributed by atoms with Crippen LogP contribution in [0.3, 0.4) is 0 Å². The molecule has 0 spiro atoms. The number of fused-ring (bicyclic) bond motifs is 3. The fourth-order valence-corrected chi connectivity index (χ4v) is 4.64. The molecule has 1 aliphatic carbocycles. The van der Waals surface area contributed by atoms with E-state index < -0.39 is 0 Å². The van der Waals surface area contributed by atoms with Crippen molar-refractivity contribution in [1.29, 1.82) is 0 Å². The van der Waals surface area contributed by atoms with E-state index >= 15 is 0 Å². The lowest BCUT2D eigenvalue weighted by molar-refractivity contribution is -0.118. The summed E-state index contributed by atoms with van der Waals surface area (Å²) in [5, 5.41) is 4.60. The molecule has 0 N–H and O–H groups in total. The molecule has 0 aromatic carbocycles. The topological polar surface area (TPSA) is 95.2 Å².